The predicted octanol–water partition coefficient (Wildman–Crippen LogP) is 6.67. The van der Waals surface area contributed by atoms with Gasteiger partial charge >= 0.3 is 13.7 Å². The van der Waals surface area contributed by atoms with Gasteiger partial charge in [-0.05, 0) is 23.8 Å². The lowest BCUT2D eigenvalue weighted by molar-refractivity contribution is -0.148. The molecule has 194 valence electrons. The topological polar surface area (TPSA) is 73.9 Å². The molecule has 2 atom stereocenters. The van der Waals surface area contributed by atoms with E-state index in [0.717, 1.165) is 0 Å². The van der Waals surface area contributed by atoms with Crippen LogP contribution < -0.4 is 14.1 Å². The van der Waals surface area contributed by atoms with Gasteiger partial charge in [0.2, 0.25) is 34.8 Å². The lowest BCUT2D eigenvalue weighted by Gasteiger charge is -2.25. The summed E-state index contributed by atoms with van der Waals surface area (Å²) in [6, 6.07) is 9.73. The third kappa shape index (κ3) is 6.14. The first-order valence-corrected chi connectivity index (χ1v) is 12.2. The Labute approximate surface area is 203 Å². The molecule has 0 spiro atoms. The molecule has 6 nitrogen and oxygen atoms in total. The number of carbonyl (C=O) groups is 1. The van der Waals surface area contributed by atoms with Crippen molar-refractivity contribution in [1.82, 2.24) is 5.09 Å². The van der Waals surface area contributed by atoms with Gasteiger partial charge in [0.05, 0.1) is 6.61 Å². The van der Waals surface area contributed by atoms with Crippen molar-refractivity contribution in [3.63, 3.8) is 0 Å². The number of ether oxygens (including phenoxy) is 1. The molecule has 0 amide bonds. The van der Waals surface area contributed by atoms with Crippen LogP contribution in [-0.4, -0.2) is 18.6 Å². The van der Waals surface area contributed by atoms with E-state index < -0.39 is 60.0 Å². The van der Waals surface area contributed by atoms with Gasteiger partial charge in [0.15, 0.2) is 0 Å². The molecule has 0 aromatic heterocycles. The molecular weight excluding hydrogens is 508 g/mol. The number of hydrogen-bond donors (Lipinski definition) is 1. The molecule has 3 aromatic carbocycles. The second-order valence-corrected chi connectivity index (χ2v) is 10.7. The maximum atomic E-state index is 14.3. The van der Waals surface area contributed by atoms with Crippen LogP contribution in [0, 0.1) is 34.5 Å². The van der Waals surface area contributed by atoms with E-state index >= 15 is 0 Å². The van der Waals surface area contributed by atoms with E-state index in [0.29, 0.717) is 10.8 Å². The van der Waals surface area contributed by atoms with E-state index in [1.807, 2.05) is 0 Å². The number of rotatable bonds is 8. The van der Waals surface area contributed by atoms with Crippen LogP contribution in [0.3, 0.4) is 0 Å². The molecule has 0 saturated carbocycles. The summed E-state index contributed by atoms with van der Waals surface area (Å²) < 4.78 is 98.7. The zero-order chi connectivity index (χ0) is 26.8. The number of carbonyl (C=O) groups excluding carboxylic acids is 1. The molecule has 36 heavy (non-hydrogen) atoms. The highest BCUT2D eigenvalue weighted by atomic mass is 31.2. The van der Waals surface area contributed by atoms with Gasteiger partial charge in [-0.15, -0.1) is 0 Å². The van der Waals surface area contributed by atoms with Crippen molar-refractivity contribution in [2.24, 2.45) is 5.41 Å². The Balaban J connectivity index is 2.03. The summed E-state index contributed by atoms with van der Waals surface area (Å²) in [4.78, 5) is 12.4. The number of halogens is 5. The molecular formula is C24H23F5NO5P. The Hall–Kier alpha value is -3.17. The van der Waals surface area contributed by atoms with Crippen LogP contribution in [0.4, 0.5) is 22.0 Å². The van der Waals surface area contributed by atoms with Crippen LogP contribution in [0.2, 0.25) is 0 Å². The summed E-state index contributed by atoms with van der Waals surface area (Å²) in [5.74, 6) is -14.6. The average Bonchev–Trinajstić information content (AvgIpc) is 2.82. The van der Waals surface area contributed by atoms with Gasteiger partial charge in [-0.2, -0.15) is 13.9 Å². The fourth-order valence-electron chi connectivity index (χ4n) is 2.96. The maximum absolute atomic E-state index is 14.3. The smallest absolute Gasteiger partial charge is 0.464 e. The number of fused-ring (bicyclic) bond motifs is 1. The third-order valence-electron chi connectivity index (χ3n) is 4.70. The van der Waals surface area contributed by atoms with Crippen molar-refractivity contribution in [1.29, 1.82) is 0 Å². The van der Waals surface area contributed by atoms with Crippen LogP contribution >= 0.6 is 7.75 Å². The minimum absolute atomic E-state index is 0.0230. The van der Waals surface area contributed by atoms with Crippen molar-refractivity contribution >= 4 is 24.5 Å². The Bertz CT molecular complexity index is 1310. The SMILES string of the molecule is CC(NP(=O)(Oc1c(F)c(F)c(F)c(F)c1F)Oc1cccc2ccccc12)C(=O)OCC(C)(C)C. The molecule has 0 aliphatic rings. The van der Waals surface area contributed by atoms with Crippen LogP contribution in [0.15, 0.2) is 42.5 Å². The van der Waals surface area contributed by atoms with Crippen molar-refractivity contribution in [2.45, 2.75) is 33.7 Å². The standard InChI is InChI=1S/C24H23F5NO5P/c1-13(23(31)33-12-24(2,3)4)30-36(32,34-16-11-7-9-14-8-5-6-10-15(14)16)35-22-20(28)18(26)17(25)19(27)21(22)29/h5-11,13H,12H2,1-4H3,(H,30,32). The lowest BCUT2D eigenvalue weighted by Crippen LogP contribution is -2.37. The van der Waals surface area contributed by atoms with Gasteiger partial charge in [0.1, 0.15) is 11.8 Å². The molecule has 3 aromatic rings. The molecule has 3 rings (SSSR count). The Kier molecular flexibility index (Phi) is 7.95. The van der Waals surface area contributed by atoms with Gasteiger partial charge in [-0.1, -0.05) is 57.2 Å². The van der Waals surface area contributed by atoms with Crippen LogP contribution in [0.1, 0.15) is 27.7 Å². The van der Waals surface area contributed by atoms with Crippen LogP contribution in [0.25, 0.3) is 10.8 Å². The highest BCUT2D eigenvalue weighted by Crippen LogP contribution is 2.49. The molecule has 1 N–H and O–H groups in total. The fourth-order valence-corrected chi connectivity index (χ4v) is 4.50. The Morgan fingerprint density at radius 3 is 2.06 bits per heavy atom. The molecule has 0 aliphatic carbocycles. The molecule has 2 unspecified atom stereocenters. The second-order valence-electron chi connectivity index (χ2n) is 9.08. The average molecular weight is 531 g/mol. The monoisotopic (exact) mass is 531 g/mol. The Morgan fingerprint density at radius 1 is 0.889 bits per heavy atom. The normalized spacial score (nSPS) is 14.2. The third-order valence-corrected chi connectivity index (χ3v) is 6.27. The highest BCUT2D eigenvalue weighted by Gasteiger charge is 2.38. The van der Waals surface area contributed by atoms with E-state index in [1.54, 1.807) is 51.1 Å². The Morgan fingerprint density at radius 2 is 1.44 bits per heavy atom. The van der Waals surface area contributed by atoms with E-state index in [2.05, 4.69) is 5.09 Å². The van der Waals surface area contributed by atoms with E-state index in [9.17, 15) is 31.3 Å². The first-order chi connectivity index (χ1) is 16.7. The second kappa shape index (κ2) is 10.4. The summed E-state index contributed by atoms with van der Waals surface area (Å²) in [5, 5.41) is 3.18. The summed E-state index contributed by atoms with van der Waals surface area (Å²) >= 11 is 0. The molecule has 0 fully saturated rings. The summed E-state index contributed by atoms with van der Waals surface area (Å²) in [7, 11) is -5.04. The quantitative estimate of drug-likeness (QED) is 0.115. The van der Waals surface area contributed by atoms with Crippen molar-refractivity contribution < 1.29 is 45.1 Å². The van der Waals surface area contributed by atoms with Crippen molar-refractivity contribution in [2.75, 3.05) is 6.61 Å². The predicted molar refractivity (Wildman–Crippen MR) is 122 cm³/mol. The molecule has 0 bridgehead atoms. The number of esters is 1. The van der Waals surface area contributed by atoms with Crippen LogP contribution in [0.5, 0.6) is 11.5 Å². The lowest BCUT2D eigenvalue weighted by atomic mass is 9.99. The zero-order valence-corrected chi connectivity index (χ0v) is 20.6. The van der Waals surface area contributed by atoms with Gasteiger partial charge in [-0.25, -0.2) is 17.7 Å². The minimum Gasteiger partial charge on any atom is -0.464 e. The molecule has 0 radical (unpaired) electrons. The van der Waals surface area contributed by atoms with Gasteiger partial charge in [0.25, 0.3) is 0 Å². The summed E-state index contributed by atoms with van der Waals surface area (Å²) in [6.45, 7) is 6.55. The zero-order valence-electron chi connectivity index (χ0n) is 19.7. The van der Waals surface area contributed by atoms with Gasteiger partial charge in [0, 0.05) is 5.39 Å². The molecule has 0 heterocycles. The number of hydrogen-bond acceptors (Lipinski definition) is 5. The first kappa shape index (κ1) is 27.4. The highest BCUT2D eigenvalue weighted by molar-refractivity contribution is 7.52. The largest absolute Gasteiger partial charge is 0.513 e. The minimum atomic E-state index is -5.04. The fraction of sp³-hybridized carbons (Fsp3) is 0.292. The van der Waals surface area contributed by atoms with Gasteiger partial charge < -0.3 is 13.8 Å². The molecule has 0 aliphatic heterocycles. The van der Waals surface area contributed by atoms with Crippen molar-refractivity contribution in [3.8, 4) is 11.5 Å². The maximum Gasteiger partial charge on any atom is 0.513 e. The number of benzene rings is 3. The molecule has 12 heteroatoms. The van der Waals surface area contributed by atoms with E-state index in [1.165, 1.54) is 19.1 Å². The first-order valence-electron chi connectivity index (χ1n) is 10.7. The van der Waals surface area contributed by atoms with Crippen LogP contribution in [-0.2, 0) is 14.1 Å². The van der Waals surface area contributed by atoms with Gasteiger partial charge in [-0.3, -0.25) is 4.79 Å². The van der Waals surface area contributed by atoms with E-state index in [4.69, 9.17) is 13.8 Å². The summed E-state index contributed by atoms with van der Waals surface area (Å²) in [6.07, 6.45) is 0. The number of nitrogens with one attached hydrogen (secondary N) is 1. The molecule has 0 saturated heterocycles. The summed E-state index contributed by atoms with van der Waals surface area (Å²) in [5.41, 5.74) is -0.412. The van der Waals surface area contributed by atoms with Crippen molar-refractivity contribution in [3.05, 3.63) is 71.6 Å². The van der Waals surface area contributed by atoms with E-state index in [-0.39, 0.29) is 12.4 Å².